The number of rotatable bonds is 9. The molecule has 2 N–H and O–H groups in total. The second kappa shape index (κ2) is 8.66. The van der Waals surface area contributed by atoms with Gasteiger partial charge in [0.2, 0.25) is 0 Å². The highest BCUT2D eigenvalue weighted by atomic mass is 16.5. The van der Waals surface area contributed by atoms with E-state index >= 15 is 0 Å². The maximum Gasteiger partial charge on any atom is 0.158 e. The molecule has 0 aliphatic heterocycles. The largest absolute Gasteiger partial charge is 0.383 e. The summed E-state index contributed by atoms with van der Waals surface area (Å²) in [5.74, 6) is 2.24. The van der Waals surface area contributed by atoms with Crippen molar-refractivity contribution in [1.82, 2.24) is 9.97 Å². The van der Waals surface area contributed by atoms with Crippen LogP contribution in [0.15, 0.2) is 6.07 Å². The van der Waals surface area contributed by atoms with Crippen LogP contribution in [0.2, 0.25) is 0 Å². The SMILES string of the molecule is CCOCc1nc(NC)cc(NC(CC)COC)n1. The summed E-state index contributed by atoms with van der Waals surface area (Å²) in [7, 11) is 3.53. The summed E-state index contributed by atoms with van der Waals surface area (Å²) in [5.41, 5.74) is 0. The highest BCUT2D eigenvalue weighted by molar-refractivity contribution is 5.47. The van der Waals surface area contributed by atoms with Crippen LogP contribution >= 0.6 is 0 Å². The summed E-state index contributed by atoms with van der Waals surface area (Å²) in [6.07, 6.45) is 0.966. The number of hydrogen-bond donors (Lipinski definition) is 2. The standard InChI is InChI=1S/C13H24N4O2/c1-5-10(8-18-4)15-12-7-11(14-3)16-13(17-12)9-19-6-2/h7,10H,5-6,8-9H2,1-4H3,(H2,14,15,16,17). The van der Waals surface area contributed by atoms with Crippen LogP contribution in [0.5, 0.6) is 0 Å². The number of nitrogens with zero attached hydrogens (tertiary/aromatic N) is 2. The molecule has 0 aliphatic rings. The third-order valence-corrected chi connectivity index (χ3v) is 2.68. The molecule has 19 heavy (non-hydrogen) atoms. The van der Waals surface area contributed by atoms with Crippen molar-refractivity contribution >= 4 is 11.6 Å². The van der Waals surface area contributed by atoms with Gasteiger partial charge < -0.3 is 20.1 Å². The quantitative estimate of drug-likeness (QED) is 0.713. The summed E-state index contributed by atoms with van der Waals surface area (Å²) in [4.78, 5) is 8.80. The Morgan fingerprint density at radius 2 is 2.00 bits per heavy atom. The lowest BCUT2D eigenvalue weighted by Gasteiger charge is -2.17. The third kappa shape index (κ3) is 5.40. The van der Waals surface area contributed by atoms with Crippen molar-refractivity contribution in [3.05, 3.63) is 11.9 Å². The van der Waals surface area contributed by atoms with Crippen molar-refractivity contribution in [2.45, 2.75) is 32.9 Å². The van der Waals surface area contributed by atoms with Gasteiger partial charge in [0.15, 0.2) is 5.82 Å². The highest BCUT2D eigenvalue weighted by Crippen LogP contribution is 2.13. The van der Waals surface area contributed by atoms with E-state index in [0.717, 1.165) is 18.1 Å². The Balaban J connectivity index is 2.80. The van der Waals surface area contributed by atoms with Crippen molar-refractivity contribution in [3.63, 3.8) is 0 Å². The van der Waals surface area contributed by atoms with E-state index in [0.29, 0.717) is 25.6 Å². The third-order valence-electron chi connectivity index (χ3n) is 2.68. The van der Waals surface area contributed by atoms with Crippen molar-refractivity contribution in [3.8, 4) is 0 Å². The summed E-state index contributed by atoms with van der Waals surface area (Å²) in [6.45, 7) is 5.78. The van der Waals surface area contributed by atoms with Crippen LogP contribution in [0.25, 0.3) is 0 Å². The average molecular weight is 268 g/mol. The van der Waals surface area contributed by atoms with E-state index in [-0.39, 0.29) is 6.04 Å². The Labute approximate surface area is 114 Å². The fourth-order valence-electron chi connectivity index (χ4n) is 1.63. The number of anilines is 2. The summed E-state index contributed by atoms with van der Waals surface area (Å²) < 4.78 is 10.5. The van der Waals surface area contributed by atoms with Crippen LogP contribution in [0.4, 0.5) is 11.6 Å². The zero-order chi connectivity index (χ0) is 14.1. The van der Waals surface area contributed by atoms with E-state index in [1.807, 2.05) is 20.0 Å². The lowest BCUT2D eigenvalue weighted by molar-refractivity contribution is 0.128. The van der Waals surface area contributed by atoms with Gasteiger partial charge in [0, 0.05) is 26.8 Å². The van der Waals surface area contributed by atoms with E-state index in [2.05, 4.69) is 27.5 Å². The monoisotopic (exact) mass is 268 g/mol. The van der Waals surface area contributed by atoms with Gasteiger partial charge in [0.1, 0.15) is 18.2 Å². The lowest BCUT2D eigenvalue weighted by atomic mass is 10.2. The van der Waals surface area contributed by atoms with E-state index in [1.54, 1.807) is 7.11 Å². The lowest BCUT2D eigenvalue weighted by Crippen LogP contribution is -2.25. The van der Waals surface area contributed by atoms with Crippen molar-refractivity contribution in [1.29, 1.82) is 0 Å². The first-order valence-electron chi connectivity index (χ1n) is 6.62. The van der Waals surface area contributed by atoms with Gasteiger partial charge in [-0.2, -0.15) is 0 Å². The molecule has 1 rings (SSSR count). The zero-order valence-electron chi connectivity index (χ0n) is 12.2. The topological polar surface area (TPSA) is 68.3 Å². The normalized spacial score (nSPS) is 12.2. The first-order chi connectivity index (χ1) is 9.23. The predicted octanol–water partition coefficient (Wildman–Crippen LogP) is 1.89. The number of nitrogens with one attached hydrogen (secondary N) is 2. The van der Waals surface area contributed by atoms with E-state index in [1.165, 1.54) is 0 Å². The van der Waals surface area contributed by atoms with Gasteiger partial charge in [-0.05, 0) is 13.3 Å². The molecule has 0 saturated carbocycles. The number of aromatic nitrogens is 2. The van der Waals surface area contributed by atoms with Crippen molar-refractivity contribution in [2.24, 2.45) is 0 Å². The molecule has 0 aliphatic carbocycles. The molecule has 0 amide bonds. The molecule has 0 bridgehead atoms. The Kier molecular flexibility index (Phi) is 7.14. The summed E-state index contributed by atoms with van der Waals surface area (Å²) >= 11 is 0. The molecule has 6 nitrogen and oxygen atoms in total. The molecule has 0 fully saturated rings. The molecule has 0 spiro atoms. The van der Waals surface area contributed by atoms with Crippen molar-refractivity contribution in [2.75, 3.05) is 38.0 Å². The van der Waals surface area contributed by atoms with Crippen LogP contribution < -0.4 is 10.6 Å². The summed E-state index contributed by atoms with van der Waals surface area (Å²) in [6, 6.07) is 2.12. The molecule has 1 atom stereocenters. The molecule has 0 aromatic carbocycles. The number of ether oxygens (including phenoxy) is 2. The maximum absolute atomic E-state index is 5.35. The molecule has 1 aromatic heterocycles. The first-order valence-corrected chi connectivity index (χ1v) is 6.62. The maximum atomic E-state index is 5.35. The minimum absolute atomic E-state index is 0.240. The van der Waals surface area contributed by atoms with E-state index in [9.17, 15) is 0 Å². The summed E-state index contributed by atoms with van der Waals surface area (Å²) in [5, 5.41) is 6.38. The van der Waals surface area contributed by atoms with Crippen molar-refractivity contribution < 1.29 is 9.47 Å². The molecule has 1 heterocycles. The minimum atomic E-state index is 0.240. The first kappa shape index (κ1) is 15.7. The second-order valence-electron chi connectivity index (χ2n) is 4.15. The molecule has 1 unspecified atom stereocenters. The van der Waals surface area contributed by atoms with Gasteiger partial charge in [0.05, 0.1) is 12.6 Å². The highest BCUT2D eigenvalue weighted by Gasteiger charge is 2.09. The molecule has 1 aromatic rings. The van der Waals surface area contributed by atoms with Gasteiger partial charge in [0.25, 0.3) is 0 Å². The predicted molar refractivity (Wildman–Crippen MR) is 76.5 cm³/mol. The van der Waals surface area contributed by atoms with Crippen LogP contribution in [-0.2, 0) is 16.1 Å². The van der Waals surface area contributed by atoms with Crippen LogP contribution in [0.1, 0.15) is 26.1 Å². The van der Waals surface area contributed by atoms with Gasteiger partial charge in [-0.3, -0.25) is 0 Å². The average Bonchev–Trinajstić information content (AvgIpc) is 2.44. The van der Waals surface area contributed by atoms with Crippen LogP contribution in [0.3, 0.4) is 0 Å². The van der Waals surface area contributed by atoms with Crippen LogP contribution in [0, 0.1) is 0 Å². The Hall–Kier alpha value is -1.40. The molecule has 0 saturated heterocycles. The molecular weight excluding hydrogens is 244 g/mol. The number of methoxy groups -OCH3 is 1. The Bertz CT molecular complexity index is 374. The van der Waals surface area contributed by atoms with Gasteiger partial charge in [-0.15, -0.1) is 0 Å². The Morgan fingerprint density at radius 1 is 1.26 bits per heavy atom. The minimum Gasteiger partial charge on any atom is -0.383 e. The second-order valence-corrected chi connectivity index (χ2v) is 4.15. The molecule has 6 heteroatoms. The van der Waals surface area contributed by atoms with Gasteiger partial charge in [-0.1, -0.05) is 6.92 Å². The van der Waals surface area contributed by atoms with Gasteiger partial charge in [-0.25, -0.2) is 9.97 Å². The van der Waals surface area contributed by atoms with E-state index in [4.69, 9.17) is 9.47 Å². The zero-order valence-corrected chi connectivity index (χ0v) is 12.2. The fourth-order valence-corrected chi connectivity index (χ4v) is 1.63. The van der Waals surface area contributed by atoms with Gasteiger partial charge >= 0.3 is 0 Å². The smallest absolute Gasteiger partial charge is 0.158 e. The molecular formula is C13H24N4O2. The number of hydrogen-bond acceptors (Lipinski definition) is 6. The molecule has 108 valence electrons. The Morgan fingerprint density at radius 3 is 2.58 bits per heavy atom. The van der Waals surface area contributed by atoms with Crippen LogP contribution in [-0.4, -0.2) is 43.4 Å². The molecule has 0 radical (unpaired) electrons. The van der Waals surface area contributed by atoms with E-state index < -0.39 is 0 Å². The fraction of sp³-hybridized carbons (Fsp3) is 0.692.